The average Bonchev–Trinajstić information content (AvgIpc) is 2.61. The fraction of sp³-hybridized carbons (Fsp3) is 0.579. The van der Waals surface area contributed by atoms with Gasteiger partial charge < -0.3 is 16.4 Å². The van der Waals surface area contributed by atoms with Crippen LogP contribution in [0.15, 0.2) is 27.7 Å². The lowest BCUT2D eigenvalue weighted by Crippen LogP contribution is -2.49. The van der Waals surface area contributed by atoms with Crippen LogP contribution >= 0.6 is 39.9 Å². The van der Waals surface area contributed by atoms with E-state index in [9.17, 15) is 9.18 Å². The SMILES string of the molecule is CCNC(=NCCCc1ccc(Br)cc1F)NC1CCN(CC(N)=O)CC1.I. The number of carbonyl (C=O) groups excluding carboxylic acids is 1. The van der Waals surface area contributed by atoms with E-state index < -0.39 is 0 Å². The maximum Gasteiger partial charge on any atom is 0.231 e. The van der Waals surface area contributed by atoms with Crippen molar-refractivity contribution in [2.24, 2.45) is 10.7 Å². The highest BCUT2D eigenvalue weighted by molar-refractivity contribution is 14.0. The number of halogens is 3. The summed E-state index contributed by atoms with van der Waals surface area (Å²) in [5.41, 5.74) is 5.97. The van der Waals surface area contributed by atoms with Gasteiger partial charge in [0.15, 0.2) is 5.96 Å². The number of guanidine groups is 1. The molecule has 0 spiro atoms. The lowest BCUT2D eigenvalue weighted by atomic mass is 10.1. The molecule has 4 N–H and O–H groups in total. The number of benzene rings is 1. The molecule has 9 heteroatoms. The number of piperidine rings is 1. The Kier molecular flexibility index (Phi) is 11.9. The highest BCUT2D eigenvalue weighted by Crippen LogP contribution is 2.16. The highest BCUT2D eigenvalue weighted by atomic mass is 127. The van der Waals surface area contributed by atoms with E-state index in [0.29, 0.717) is 31.1 Å². The molecule has 1 aliphatic heterocycles. The third kappa shape index (κ3) is 9.04. The normalized spacial score (nSPS) is 15.8. The summed E-state index contributed by atoms with van der Waals surface area (Å²) < 4.78 is 14.6. The van der Waals surface area contributed by atoms with Crippen molar-refractivity contribution in [3.05, 3.63) is 34.1 Å². The Balaban J connectivity index is 0.00000392. The molecule has 1 aromatic carbocycles. The van der Waals surface area contributed by atoms with Crippen molar-refractivity contribution in [2.45, 2.75) is 38.6 Å². The van der Waals surface area contributed by atoms with Gasteiger partial charge >= 0.3 is 0 Å². The summed E-state index contributed by atoms with van der Waals surface area (Å²) in [6.07, 6.45) is 3.34. The van der Waals surface area contributed by atoms with Crippen molar-refractivity contribution in [1.29, 1.82) is 0 Å². The number of primary amides is 1. The van der Waals surface area contributed by atoms with Crippen LogP contribution in [-0.2, 0) is 11.2 Å². The van der Waals surface area contributed by atoms with Crippen LogP contribution in [0.3, 0.4) is 0 Å². The van der Waals surface area contributed by atoms with Gasteiger partial charge in [0.05, 0.1) is 6.54 Å². The van der Waals surface area contributed by atoms with Gasteiger partial charge in [0.1, 0.15) is 5.82 Å². The molecule has 1 saturated heterocycles. The molecule has 0 aromatic heterocycles. The van der Waals surface area contributed by atoms with E-state index in [2.05, 4.69) is 36.5 Å². The van der Waals surface area contributed by atoms with Crippen LogP contribution in [0.25, 0.3) is 0 Å². The molecule has 1 aromatic rings. The number of hydrogen-bond acceptors (Lipinski definition) is 3. The van der Waals surface area contributed by atoms with E-state index in [4.69, 9.17) is 5.73 Å². The molecular weight excluding hydrogens is 540 g/mol. The second-order valence-electron chi connectivity index (χ2n) is 6.76. The number of carbonyl (C=O) groups is 1. The maximum absolute atomic E-state index is 13.9. The number of aryl methyl sites for hydroxylation is 1. The standard InChI is InChI=1S/C19H29BrFN5O.HI/c1-2-23-19(25-16-7-10-26(11-8-16)13-18(22)27)24-9-3-4-14-5-6-15(20)12-17(14)21;/h5-6,12,16H,2-4,7-11,13H2,1H3,(H2,22,27)(H2,23,24,25);1H. The molecule has 2 rings (SSSR count). The van der Waals surface area contributed by atoms with Gasteiger partial charge in [-0.05, 0) is 50.3 Å². The van der Waals surface area contributed by atoms with Crippen LogP contribution in [0.1, 0.15) is 31.7 Å². The van der Waals surface area contributed by atoms with E-state index in [1.54, 1.807) is 0 Å². The van der Waals surface area contributed by atoms with Crippen molar-refractivity contribution in [1.82, 2.24) is 15.5 Å². The van der Waals surface area contributed by atoms with Crippen LogP contribution in [0.5, 0.6) is 0 Å². The minimum absolute atomic E-state index is 0. The Morgan fingerprint density at radius 1 is 1.39 bits per heavy atom. The zero-order valence-electron chi connectivity index (χ0n) is 16.2. The van der Waals surface area contributed by atoms with Crippen LogP contribution in [0.4, 0.5) is 4.39 Å². The van der Waals surface area contributed by atoms with Gasteiger partial charge in [-0.1, -0.05) is 22.0 Å². The molecule has 1 aliphatic rings. The summed E-state index contributed by atoms with van der Waals surface area (Å²) in [6, 6.07) is 5.50. The topological polar surface area (TPSA) is 82.8 Å². The summed E-state index contributed by atoms with van der Waals surface area (Å²) in [6.45, 7) is 5.47. The predicted molar refractivity (Wildman–Crippen MR) is 126 cm³/mol. The minimum Gasteiger partial charge on any atom is -0.369 e. The number of aliphatic imine (C=N–C) groups is 1. The first-order valence-corrected chi connectivity index (χ1v) is 10.3. The molecule has 28 heavy (non-hydrogen) atoms. The largest absolute Gasteiger partial charge is 0.369 e. The van der Waals surface area contributed by atoms with Crippen LogP contribution < -0.4 is 16.4 Å². The van der Waals surface area contributed by atoms with E-state index >= 15 is 0 Å². The summed E-state index contributed by atoms with van der Waals surface area (Å²) in [4.78, 5) is 17.7. The van der Waals surface area contributed by atoms with E-state index in [0.717, 1.165) is 49.3 Å². The number of rotatable bonds is 8. The monoisotopic (exact) mass is 569 g/mol. The average molecular weight is 570 g/mol. The van der Waals surface area contributed by atoms with Crippen molar-refractivity contribution < 1.29 is 9.18 Å². The van der Waals surface area contributed by atoms with Crippen LogP contribution in [0, 0.1) is 5.82 Å². The lowest BCUT2D eigenvalue weighted by Gasteiger charge is -2.32. The molecule has 0 aliphatic carbocycles. The van der Waals surface area contributed by atoms with E-state index in [-0.39, 0.29) is 35.7 Å². The van der Waals surface area contributed by atoms with E-state index in [1.807, 2.05) is 19.1 Å². The van der Waals surface area contributed by atoms with Crippen molar-refractivity contribution in [3.63, 3.8) is 0 Å². The van der Waals surface area contributed by atoms with Gasteiger partial charge in [0.25, 0.3) is 0 Å². The molecule has 0 saturated carbocycles. The maximum atomic E-state index is 13.9. The second kappa shape index (κ2) is 13.3. The van der Waals surface area contributed by atoms with Gasteiger partial charge in [0.2, 0.25) is 5.91 Å². The highest BCUT2D eigenvalue weighted by Gasteiger charge is 2.20. The zero-order valence-corrected chi connectivity index (χ0v) is 20.1. The van der Waals surface area contributed by atoms with Gasteiger partial charge in [-0.25, -0.2) is 4.39 Å². The number of nitrogens with one attached hydrogen (secondary N) is 2. The van der Waals surface area contributed by atoms with Crippen LogP contribution in [0.2, 0.25) is 0 Å². The third-order valence-corrected chi connectivity index (χ3v) is 5.03. The Bertz CT molecular complexity index is 653. The molecule has 1 fully saturated rings. The molecule has 1 heterocycles. The number of likely N-dealkylation sites (tertiary alicyclic amines) is 1. The molecule has 0 unspecified atom stereocenters. The lowest BCUT2D eigenvalue weighted by molar-refractivity contribution is -0.119. The minimum atomic E-state index is -0.279. The molecule has 6 nitrogen and oxygen atoms in total. The van der Waals surface area contributed by atoms with E-state index in [1.165, 1.54) is 6.07 Å². The van der Waals surface area contributed by atoms with Crippen molar-refractivity contribution >= 4 is 51.8 Å². The third-order valence-electron chi connectivity index (χ3n) is 4.54. The Morgan fingerprint density at radius 2 is 2.11 bits per heavy atom. The molecule has 1 amide bonds. The van der Waals surface area contributed by atoms with Crippen molar-refractivity contribution in [2.75, 3.05) is 32.7 Å². The van der Waals surface area contributed by atoms with Gasteiger partial charge in [-0.2, -0.15) is 0 Å². The summed E-state index contributed by atoms with van der Waals surface area (Å²) in [5.74, 6) is 0.335. The van der Waals surface area contributed by atoms with Gasteiger partial charge in [-0.15, -0.1) is 24.0 Å². The summed E-state index contributed by atoms with van der Waals surface area (Å²) in [7, 11) is 0. The van der Waals surface area contributed by atoms with Crippen molar-refractivity contribution in [3.8, 4) is 0 Å². The Morgan fingerprint density at radius 3 is 2.71 bits per heavy atom. The molecule has 158 valence electrons. The molecular formula is C19H30BrFIN5O. The smallest absolute Gasteiger partial charge is 0.231 e. The fourth-order valence-corrected chi connectivity index (χ4v) is 3.49. The Labute approximate surface area is 192 Å². The first-order valence-electron chi connectivity index (χ1n) is 9.47. The number of nitrogens with zero attached hydrogens (tertiary/aromatic N) is 2. The summed E-state index contributed by atoms with van der Waals surface area (Å²) >= 11 is 3.27. The molecule has 0 radical (unpaired) electrons. The molecule has 0 bridgehead atoms. The summed E-state index contributed by atoms with van der Waals surface area (Å²) in [5, 5.41) is 6.73. The zero-order chi connectivity index (χ0) is 19.6. The van der Waals surface area contributed by atoms with Gasteiger partial charge in [0, 0.05) is 36.7 Å². The molecule has 0 atom stereocenters. The first-order chi connectivity index (χ1) is 13.0. The first kappa shape index (κ1) is 25.1. The number of hydrogen-bond donors (Lipinski definition) is 3. The second-order valence-corrected chi connectivity index (χ2v) is 7.68. The van der Waals surface area contributed by atoms with Gasteiger partial charge in [-0.3, -0.25) is 14.7 Å². The number of nitrogens with two attached hydrogens (primary N) is 1. The Hall–Kier alpha value is -0.940. The quantitative estimate of drug-likeness (QED) is 0.195. The fourth-order valence-electron chi connectivity index (χ4n) is 3.15. The number of amides is 1. The predicted octanol–water partition coefficient (Wildman–Crippen LogP) is 2.64. The van der Waals surface area contributed by atoms with Crippen LogP contribution in [-0.4, -0.2) is 55.5 Å².